The number of rotatable bonds is 6. The number of benzene rings is 4. The Balaban J connectivity index is 0.000000301. The average Bonchev–Trinajstić information content (AvgIpc) is 3.71. The van der Waals surface area contributed by atoms with E-state index in [0.29, 0.717) is 5.92 Å². The number of nitrogens with zero attached hydrogens (tertiary/aromatic N) is 1. The topological polar surface area (TPSA) is 15.3 Å². The van der Waals surface area contributed by atoms with Crippen LogP contribution in [0.3, 0.4) is 0 Å². The highest BCUT2D eigenvalue weighted by molar-refractivity contribution is 5.79. The largest absolute Gasteiger partial charge is 0.388 e. The van der Waals surface area contributed by atoms with E-state index in [2.05, 4.69) is 121 Å². The van der Waals surface area contributed by atoms with Crippen LogP contribution in [0.4, 0.5) is 17.1 Å². The van der Waals surface area contributed by atoms with Gasteiger partial charge < -0.3 is 10.2 Å². The highest BCUT2D eigenvalue weighted by Gasteiger charge is 2.59. The van der Waals surface area contributed by atoms with E-state index < -0.39 is 0 Å². The Labute approximate surface area is 221 Å². The van der Waals surface area contributed by atoms with Gasteiger partial charge in [-0.1, -0.05) is 104 Å². The molecule has 2 aliphatic rings. The third-order valence-corrected chi connectivity index (χ3v) is 7.29. The van der Waals surface area contributed by atoms with Crippen molar-refractivity contribution in [2.24, 2.45) is 0 Å². The van der Waals surface area contributed by atoms with E-state index in [9.17, 15) is 0 Å². The highest BCUT2D eigenvalue weighted by Crippen LogP contribution is 2.62. The van der Waals surface area contributed by atoms with Crippen LogP contribution in [0.15, 0.2) is 122 Å². The van der Waals surface area contributed by atoms with Gasteiger partial charge in [-0.25, -0.2) is 0 Å². The van der Waals surface area contributed by atoms with Gasteiger partial charge in [-0.3, -0.25) is 0 Å². The first-order valence-electron chi connectivity index (χ1n) is 13.0. The van der Waals surface area contributed by atoms with Gasteiger partial charge in [-0.05, 0) is 72.0 Å². The quantitative estimate of drug-likeness (QED) is 0.295. The summed E-state index contributed by atoms with van der Waals surface area (Å²) in [4.78, 5) is 2.53. The Bertz CT molecular complexity index is 1420. The molecule has 2 atom stereocenters. The van der Waals surface area contributed by atoms with Gasteiger partial charge >= 0.3 is 0 Å². The summed E-state index contributed by atoms with van der Waals surface area (Å²) in [6, 6.07) is 36.4. The number of anilines is 3. The maximum Gasteiger partial charge on any atom is 0.0713 e. The van der Waals surface area contributed by atoms with Crippen molar-refractivity contribution in [2.45, 2.75) is 24.8 Å². The van der Waals surface area contributed by atoms with Crippen LogP contribution < -0.4 is 10.2 Å². The lowest BCUT2D eigenvalue weighted by molar-refractivity contribution is 0.764. The van der Waals surface area contributed by atoms with E-state index in [-0.39, 0.29) is 5.54 Å². The SMILES string of the molecule is C=Cc1ccc(N(c2ccccc2)C23C=Cc4ccccc4C2C3)cc1/C=C\C.CNc1ccccc1. The molecular formula is C35H34N2. The van der Waals surface area contributed by atoms with E-state index in [1.54, 1.807) is 0 Å². The van der Waals surface area contributed by atoms with Crippen LogP contribution in [-0.2, 0) is 0 Å². The Kier molecular flexibility index (Phi) is 7.09. The second kappa shape index (κ2) is 10.8. The molecule has 0 aromatic heterocycles. The summed E-state index contributed by atoms with van der Waals surface area (Å²) in [5, 5.41) is 3.03. The van der Waals surface area contributed by atoms with Crippen molar-refractivity contribution in [3.63, 3.8) is 0 Å². The summed E-state index contributed by atoms with van der Waals surface area (Å²) < 4.78 is 0. The first kappa shape index (κ1) is 24.4. The first-order valence-corrected chi connectivity index (χ1v) is 13.0. The maximum absolute atomic E-state index is 3.98. The van der Waals surface area contributed by atoms with Crippen LogP contribution >= 0.6 is 0 Å². The average molecular weight is 483 g/mol. The van der Waals surface area contributed by atoms with Crippen LogP contribution in [0.25, 0.3) is 18.2 Å². The first-order chi connectivity index (χ1) is 18.2. The normalized spacial score (nSPS) is 18.7. The Morgan fingerprint density at radius 1 is 0.838 bits per heavy atom. The molecule has 2 unspecified atom stereocenters. The Morgan fingerprint density at radius 3 is 2.22 bits per heavy atom. The maximum atomic E-state index is 3.98. The number of nitrogens with one attached hydrogen (secondary N) is 1. The molecule has 6 rings (SSSR count). The molecule has 37 heavy (non-hydrogen) atoms. The molecule has 0 amide bonds. The molecule has 0 aliphatic heterocycles. The molecule has 1 fully saturated rings. The van der Waals surface area contributed by atoms with E-state index >= 15 is 0 Å². The van der Waals surface area contributed by atoms with Gasteiger partial charge in [0.1, 0.15) is 0 Å². The highest BCUT2D eigenvalue weighted by atomic mass is 15.3. The zero-order valence-corrected chi connectivity index (χ0v) is 21.6. The number of hydrogen-bond donors (Lipinski definition) is 1. The van der Waals surface area contributed by atoms with Gasteiger partial charge in [0.25, 0.3) is 0 Å². The smallest absolute Gasteiger partial charge is 0.0713 e. The molecule has 1 N–H and O–H groups in total. The summed E-state index contributed by atoms with van der Waals surface area (Å²) in [6.45, 7) is 6.05. The minimum atomic E-state index is -0.00139. The van der Waals surface area contributed by atoms with Crippen molar-refractivity contribution in [1.29, 1.82) is 0 Å². The van der Waals surface area contributed by atoms with Gasteiger partial charge in [-0.15, -0.1) is 0 Å². The Morgan fingerprint density at radius 2 is 1.54 bits per heavy atom. The van der Waals surface area contributed by atoms with Crippen molar-refractivity contribution in [2.75, 3.05) is 17.3 Å². The van der Waals surface area contributed by atoms with Crippen molar-refractivity contribution in [3.05, 3.63) is 144 Å². The number of para-hydroxylation sites is 2. The van der Waals surface area contributed by atoms with Crippen molar-refractivity contribution >= 4 is 35.3 Å². The van der Waals surface area contributed by atoms with Crippen molar-refractivity contribution in [1.82, 2.24) is 0 Å². The molecule has 2 heteroatoms. The molecule has 0 spiro atoms. The van der Waals surface area contributed by atoms with E-state index in [1.165, 1.54) is 28.1 Å². The lowest BCUT2D eigenvalue weighted by Crippen LogP contribution is -2.34. The van der Waals surface area contributed by atoms with Crippen LogP contribution in [0.5, 0.6) is 0 Å². The van der Waals surface area contributed by atoms with Crippen molar-refractivity contribution in [3.8, 4) is 0 Å². The summed E-state index contributed by atoms with van der Waals surface area (Å²) in [6.07, 6.45) is 12.0. The van der Waals surface area contributed by atoms with Gasteiger partial charge in [-0.2, -0.15) is 0 Å². The minimum absolute atomic E-state index is 0.00139. The zero-order valence-electron chi connectivity index (χ0n) is 21.6. The summed E-state index contributed by atoms with van der Waals surface area (Å²) in [7, 11) is 1.91. The molecule has 0 radical (unpaired) electrons. The van der Waals surface area contributed by atoms with Crippen molar-refractivity contribution < 1.29 is 0 Å². The van der Waals surface area contributed by atoms with Crippen LogP contribution in [0.2, 0.25) is 0 Å². The van der Waals surface area contributed by atoms with Crippen LogP contribution in [-0.4, -0.2) is 12.6 Å². The molecule has 2 nitrogen and oxygen atoms in total. The number of fused-ring (bicyclic) bond motifs is 3. The molecule has 2 aliphatic carbocycles. The predicted octanol–water partition coefficient (Wildman–Crippen LogP) is 9.18. The fraction of sp³-hybridized carbons (Fsp3) is 0.143. The van der Waals surface area contributed by atoms with Gasteiger partial charge in [0, 0.05) is 30.0 Å². The monoisotopic (exact) mass is 482 g/mol. The van der Waals surface area contributed by atoms with Crippen LogP contribution in [0.1, 0.15) is 41.5 Å². The molecule has 1 saturated carbocycles. The lowest BCUT2D eigenvalue weighted by Gasteiger charge is -2.35. The molecule has 4 aromatic rings. The summed E-state index contributed by atoms with van der Waals surface area (Å²) in [5.74, 6) is 0.521. The van der Waals surface area contributed by atoms with Gasteiger partial charge in [0.2, 0.25) is 0 Å². The molecular weight excluding hydrogens is 448 g/mol. The molecule has 184 valence electrons. The van der Waals surface area contributed by atoms with Gasteiger partial charge in [0.05, 0.1) is 5.54 Å². The van der Waals surface area contributed by atoms with E-state index in [0.717, 1.165) is 17.7 Å². The number of allylic oxidation sites excluding steroid dienone is 1. The molecule has 0 heterocycles. The minimum Gasteiger partial charge on any atom is -0.388 e. The third kappa shape index (κ3) is 4.88. The standard InChI is InChI=1S/C28H25N.C7H9N/c1-3-10-23-19-25(16-15-21(23)4-2)29(24-12-6-5-7-13-24)28-18-17-22-11-8-9-14-26(22)27(28)20-28;1-8-7-5-3-2-4-6-7/h3-19,27H,2,20H2,1H3;2-6,8H,1H3/b10-3-;. The fourth-order valence-electron chi connectivity index (χ4n) is 5.39. The third-order valence-electron chi connectivity index (χ3n) is 7.29. The fourth-order valence-corrected chi connectivity index (χ4v) is 5.39. The molecule has 4 aromatic carbocycles. The zero-order chi connectivity index (χ0) is 25.7. The second-order valence-electron chi connectivity index (χ2n) is 9.51. The second-order valence-corrected chi connectivity index (χ2v) is 9.51. The molecule has 0 bridgehead atoms. The summed E-state index contributed by atoms with van der Waals surface area (Å²) >= 11 is 0. The van der Waals surface area contributed by atoms with E-state index in [4.69, 9.17) is 0 Å². The summed E-state index contributed by atoms with van der Waals surface area (Å²) in [5.41, 5.74) is 8.80. The molecule has 0 saturated heterocycles. The number of hydrogen-bond acceptors (Lipinski definition) is 2. The Hall–Kier alpha value is -4.30. The predicted molar refractivity (Wildman–Crippen MR) is 161 cm³/mol. The van der Waals surface area contributed by atoms with Crippen LogP contribution in [0, 0.1) is 0 Å². The lowest BCUT2D eigenvalue weighted by atomic mass is 9.92. The van der Waals surface area contributed by atoms with Gasteiger partial charge in [0.15, 0.2) is 0 Å². The van der Waals surface area contributed by atoms with E-state index in [1.807, 2.05) is 43.5 Å².